The number of alkyl halides is 13. The van der Waals surface area contributed by atoms with Crippen LogP contribution in [0.2, 0.25) is 0 Å². The first-order valence-electron chi connectivity index (χ1n) is 9.21. The summed E-state index contributed by atoms with van der Waals surface area (Å²) in [7, 11) is -11.0. The van der Waals surface area contributed by atoms with Crippen molar-refractivity contribution < 1.29 is 118 Å². The summed E-state index contributed by atoms with van der Waals surface area (Å²) in [5.74, 6) is -35.3. The van der Waals surface area contributed by atoms with E-state index >= 15 is 0 Å². The zero-order chi connectivity index (χ0) is 31.1. The summed E-state index contributed by atoms with van der Waals surface area (Å²) in [6, 6.07) is 0. The molecule has 0 radical (unpaired) electrons. The Balaban J connectivity index is 0. The molecule has 0 fully saturated rings. The van der Waals surface area contributed by atoms with Crippen molar-refractivity contribution in [3.8, 4) is 0 Å². The maximum absolute atomic E-state index is 14.4. The predicted octanol–water partition coefficient (Wildman–Crippen LogP) is -1.85. The van der Waals surface area contributed by atoms with E-state index in [2.05, 4.69) is 0 Å². The molecule has 39 heavy (non-hydrogen) atoms. The van der Waals surface area contributed by atoms with Crippen molar-refractivity contribution >= 4 is 20.1 Å². The molecule has 2 N–H and O–H groups in total. The summed E-state index contributed by atoms with van der Waals surface area (Å²) >= 11 is 0. The van der Waals surface area contributed by atoms with Crippen molar-refractivity contribution in [2.24, 2.45) is 0 Å². The summed E-state index contributed by atoms with van der Waals surface area (Å²) in [5.41, 5.74) is 0. The minimum atomic E-state index is -8.46. The molecule has 0 aromatic carbocycles. The molecule has 0 heterocycles. The number of hydrogen-bond donors (Lipinski definition) is 2. The summed E-state index contributed by atoms with van der Waals surface area (Å²) in [6.07, 6.45) is -12.9. The van der Waals surface area contributed by atoms with Gasteiger partial charge in [0.05, 0.1) is 28.1 Å². The van der Waals surface area contributed by atoms with Crippen LogP contribution < -0.4 is 29.6 Å². The third-order valence-electron chi connectivity index (χ3n) is 4.37. The minimum absolute atomic E-state index is 0. The van der Waals surface area contributed by atoms with Crippen LogP contribution >= 0.6 is 0 Å². The molecule has 0 spiro atoms. The number of aliphatic hydroxyl groups excluding tert-OH is 2. The number of nitrogens with zero attached hydrogens (tertiary/aromatic N) is 2. The van der Waals surface area contributed by atoms with Crippen LogP contribution in [0.3, 0.4) is 0 Å². The zero-order valence-corrected chi connectivity index (χ0v) is 23.2. The van der Waals surface area contributed by atoms with Crippen LogP contribution in [0.15, 0.2) is 0 Å². The molecule has 0 aliphatic rings. The fraction of sp³-hybridized carbons (Fsp3) is 1.00. The van der Waals surface area contributed by atoms with E-state index < -0.39 is 97.2 Å². The Kier molecular flexibility index (Phi) is 13.2. The molecular weight excluding hydrogens is 642 g/mol. The molecule has 0 aromatic rings. The normalized spacial score (nSPS) is 16.8. The van der Waals surface area contributed by atoms with Gasteiger partial charge in [-0.15, -0.1) is 0 Å². The average Bonchev–Trinajstić information content (AvgIpc) is 2.63. The zero-order valence-electron chi connectivity index (χ0n) is 19.5. The van der Waals surface area contributed by atoms with Gasteiger partial charge in [-0.05, 0) is 14.1 Å². The van der Waals surface area contributed by atoms with Crippen LogP contribution in [0.25, 0.3) is 0 Å². The van der Waals surface area contributed by atoms with E-state index in [1.807, 2.05) is 0 Å². The quantitative estimate of drug-likeness (QED) is 0.126. The van der Waals surface area contributed by atoms with E-state index in [1.165, 1.54) is 0 Å². The number of likely N-dealkylation sites (N-methyl/N-ethyl adjacent to an activating group) is 1. The van der Waals surface area contributed by atoms with Gasteiger partial charge in [-0.1, -0.05) is 0 Å². The van der Waals surface area contributed by atoms with Gasteiger partial charge < -0.3 is 19.7 Å². The fourth-order valence-electron chi connectivity index (χ4n) is 2.59. The van der Waals surface area contributed by atoms with Gasteiger partial charge in [-0.2, -0.15) is 61.4 Å². The van der Waals surface area contributed by atoms with E-state index in [1.54, 1.807) is 0 Å². The number of aliphatic hydroxyl groups is 2. The Labute approximate surface area is 234 Å². The van der Waals surface area contributed by atoms with Crippen LogP contribution in [-0.2, 0) is 20.1 Å². The molecule has 230 valence electrons. The Morgan fingerprint density at radius 1 is 0.667 bits per heavy atom. The SMILES string of the molecule is CN(C)CC(O)CN(CC(O)CS(=O)(=O)[O-])S(=O)(=O)C(F)(F)C(F)(F)C(F)(F)C(F)(F)C(F)(F)C(F)(F)F.[Na+]. The van der Waals surface area contributed by atoms with Gasteiger partial charge in [0.2, 0.25) is 0 Å². The van der Waals surface area contributed by atoms with Crippen molar-refractivity contribution in [2.75, 3.05) is 39.5 Å². The Morgan fingerprint density at radius 2 is 1.03 bits per heavy atom. The first kappa shape index (κ1) is 40.9. The smallest absolute Gasteiger partial charge is 0.748 e. The monoisotopic (exact) mass is 660 g/mol. The first-order valence-corrected chi connectivity index (χ1v) is 12.2. The largest absolute Gasteiger partial charge is 1.00 e. The van der Waals surface area contributed by atoms with Gasteiger partial charge >= 0.3 is 64.7 Å². The van der Waals surface area contributed by atoms with E-state index in [9.17, 15) is 88.7 Å². The van der Waals surface area contributed by atoms with Crippen LogP contribution in [0.5, 0.6) is 0 Å². The minimum Gasteiger partial charge on any atom is -0.748 e. The van der Waals surface area contributed by atoms with E-state index in [0.717, 1.165) is 19.0 Å². The fourth-order valence-corrected chi connectivity index (χ4v) is 4.68. The van der Waals surface area contributed by atoms with Crippen molar-refractivity contribution in [3.05, 3.63) is 0 Å². The summed E-state index contributed by atoms with van der Waals surface area (Å²) in [4.78, 5) is 0.953. The topological polar surface area (TPSA) is 138 Å². The van der Waals surface area contributed by atoms with Gasteiger partial charge in [-0.3, -0.25) is 0 Å². The predicted molar refractivity (Wildman–Crippen MR) is 96.4 cm³/mol. The van der Waals surface area contributed by atoms with Gasteiger partial charge in [-0.25, -0.2) is 16.8 Å². The Hall–Kier alpha value is -0.210. The summed E-state index contributed by atoms with van der Waals surface area (Å²) in [6.45, 7) is -4.89. The molecule has 0 saturated heterocycles. The molecule has 0 aromatic heterocycles. The van der Waals surface area contributed by atoms with Gasteiger partial charge in [0, 0.05) is 19.6 Å². The van der Waals surface area contributed by atoms with Crippen LogP contribution in [-0.4, -0.2) is 128 Å². The van der Waals surface area contributed by atoms with E-state index in [4.69, 9.17) is 0 Å². The van der Waals surface area contributed by atoms with E-state index in [-0.39, 0.29) is 29.6 Å². The second kappa shape index (κ2) is 12.6. The molecule has 0 amide bonds. The van der Waals surface area contributed by atoms with Crippen molar-refractivity contribution in [2.45, 2.75) is 47.3 Å². The number of rotatable bonds is 14. The molecule has 0 bridgehead atoms. The molecule has 9 nitrogen and oxygen atoms in total. The second-order valence-corrected chi connectivity index (χ2v) is 11.4. The number of hydrogen-bond acceptors (Lipinski definition) is 8. The van der Waals surface area contributed by atoms with Crippen LogP contribution in [0, 0.1) is 0 Å². The standard InChI is InChI=1S/C14H19F13N2O7S2.Na/c1-28(2)3-7(30)4-29(5-8(31)6-37(32,33)34)38(35,36)14(26,27)12(21,22)10(17,18)9(15,16)11(19,20)13(23,24)25;/h7-8,30-31H,3-6H2,1-2H3,(H,32,33,34);/q;+1/p-1. The first-order chi connectivity index (χ1) is 16.3. The van der Waals surface area contributed by atoms with E-state index in [0.29, 0.717) is 0 Å². The van der Waals surface area contributed by atoms with Crippen LogP contribution in [0.4, 0.5) is 57.1 Å². The molecule has 2 unspecified atom stereocenters. The number of halogens is 13. The average molecular weight is 660 g/mol. The third kappa shape index (κ3) is 8.21. The van der Waals surface area contributed by atoms with Gasteiger partial charge in [0.25, 0.3) is 10.0 Å². The van der Waals surface area contributed by atoms with Crippen LogP contribution in [0.1, 0.15) is 0 Å². The molecule has 2 atom stereocenters. The molecule has 0 rings (SSSR count). The second-order valence-electron chi connectivity index (χ2n) is 7.93. The molecule has 0 aliphatic carbocycles. The Morgan fingerprint density at radius 3 is 1.36 bits per heavy atom. The molecule has 0 saturated carbocycles. The molecule has 25 heteroatoms. The van der Waals surface area contributed by atoms with Gasteiger partial charge in [0.1, 0.15) is 0 Å². The molecular formula is C14H18F13N2NaO7S2. The Bertz CT molecular complexity index is 1040. The third-order valence-corrected chi connectivity index (χ3v) is 7.04. The summed E-state index contributed by atoms with van der Waals surface area (Å²) in [5, 5.41) is 11.5. The van der Waals surface area contributed by atoms with Crippen molar-refractivity contribution in [1.82, 2.24) is 9.21 Å². The van der Waals surface area contributed by atoms with Gasteiger partial charge in [0.15, 0.2) is 0 Å². The maximum Gasteiger partial charge on any atom is 1.00 e. The van der Waals surface area contributed by atoms with Crippen molar-refractivity contribution in [1.29, 1.82) is 0 Å². The van der Waals surface area contributed by atoms with Crippen molar-refractivity contribution in [3.63, 3.8) is 0 Å². The molecule has 0 aliphatic heterocycles. The summed E-state index contributed by atoms with van der Waals surface area (Å²) < 4.78 is 229. The number of sulfonamides is 1. The maximum atomic E-state index is 14.4.